The Labute approximate surface area is 191 Å². The van der Waals surface area contributed by atoms with Crippen LogP contribution in [-0.2, 0) is 26.4 Å². The number of ether oxygens (including phenoxy) is 2. The van der Waals surface area contributed by atoms with Crippen LogP contribution in [0.2, 0.25) is 0 Å². The number of aromatic nitrogens is 2. The van der Waals surface area contributed by atoms with Crippen molar-refractivity contribution >= 4 is 35.6 Å². The lowest BCUT2D eigenvalue weighted by Crippen LogP contribution is -2.30. The summed E-state index contributed by atoms with van der Waals surface area (Å²) < 4.78 is 13.0. The van der Waals surface area contributed by atoms with Gasteiger partial charge in [-0.25, -0.2) is 4.99 Å². The second-order valence-electron chi connectivity index (χ2n) is 6.32. The second-order valence-corrected chi connectivity index (χ2v) is 6.32. The first kappa shape index (κ1) is 25.1. The average Bonchev–Trinajstić information content (AvgIpc) is 3.02. The third-order valence-electron chi connectivity index (χ3n) is 4.49. The van der Waals surface area contributed by atoms with E-state index in [1.807, 2.05) is 36.9 Å². The van der Waals surface area contributed by atoms with Gasteiger partial charge in [0.15, 0.2) is 17.5 Å². The van der Waals surface area contributed by atoms with Gasteiger partial charge < -0.3 is 20.1 Å². The summed E-state index contributed by atoms with van der Waals surface area (Å²) >= 11 is 0. The van der Waals surface area contributed by atoms with Gasteiger partial charge in [0.1, 0.15) is 0 Å². The number of rotatable bonds is 9. The molecule has 0 bridgehead atoms. The van der Waals surface area contributed by atoms with Crippen molar-refractivity contribution in [3.8, 4) is 11.5 Å². The van der Waals surface area contributed by atoms with E-state index in [-0.39, 0.29) is 24.0 Å². The van der Waals surface area contributed by atoms with Crippen LogP contribution in [0.15, 0.2) is 23.2 Å². The molecule has 0 radical (unpaired) electrons. The maximum Gasteiger partial charge on any atom is 0.196 e. The Morgan fingerprint density at radius 2 is 1.90 bits per heavy atom. The molecular weight excluding hydrogens is 481 g/mol. The van der Waals surface area contributed by atoms with E-state index in [4.69, 9.17) is 14.5 Å². The van der Waals surface area contributed by atoms with Crippen molar-refractivity contribution in [1.82, 2.24) is 15.1 Å². The lowest BCUT2D eigenvalue weighted by molar-refractivity contribution is 0.311. The van der Waals surface area contributed by atoms with Gasteiger partial charge in [-0.1, -0.05) is 13.8 Å². The van der Waals surface area contributed by atoms with Gasteiger partial charge in [-0.2, -0.15) is 5.10 Å². The molecule has 0 spiro atoms. The zero-order chi connectivity index (χ0) is 20.5. The molecule has 2 N–H and O–H groups in total. The average molecular weight is 515 g/mol. The van der Waals surface area contributed by atoms with E-state index in [0.29, 0.717) is 18.9 Å². The first-order valence-electron chi connectivity index (χ1n) is 9.97. The number of aryl methyl sites for hydroxylation is 2. The Hall–Kier alpha value is -1.97. The van der Waals surface area contributed by atoms with Gasteiger partial charge in [-0.05, 0) is 38.8 Å². The Morgan fingerprint density at radius 1 is 1.14 bits per heavy atom. The summed E-state index contributed by atoms with van der Waals surface area (Å²) in [4.78, 5) is 4.79. The van der Waals surface area contributed by atoms with E-state index in [9.17, 15) is 0 Å². The largest absolute Gasteiger partial charge is 0.493 e. The molecule has 1 aromatic heterocycles. The van der Waals surface area contributed by atoms with Crippen LogP contribution in [0, 0.1) is 0 Å². The highest BCUT2D eigenvalue weighted by molar-refractivity contribution is 14.0. The summed E-state index contributed by atoms with van der Waals surface area (Å²) in [5, 5.41) is 11.3. The predicted octanol–water partition coefficient (Wildman–Crippen LogP) is 4.15. The highest BCUT2D eigenvalue weighted by Gasteiger charge is 2.13. The molecule has 0 saturated heterocycles. The predicted molar refractivity (Wildman–Crippen MR) is 130 cm³/mol. The van der Waals surface area contributed by atoms with Gasteiger partial charge in [0.2, 0.25) is 0 Å². The van der Waals surface area contributed by atoms with Crippen molar-refractivity contribution in [1.29, 1.82) is 0 Å². The van der Waals surface area contributed by atoms with Gasteiger partial charge >= 0.3 is 0 Å². The van der Waals surface area contributed by atoms with Crippen LogP contribution in [-0.4, -0.2) is 36.0 Å². The number of nitrogens with one attached hydrogen (secondary N) is 2. The number of methoxy groups -OCH3 is 1. The highest BCUT2D eigenvalue weighted by Crippen LogP contribution is 2.30. The van der Waals surface area contributed by atoms with Crippen LogP contribution in [0.1, 0.15) is 44.6 Å². The van der Waals surface area contributed by atoms with E-state index in [0.717, 1.165) is 42.5 Å². The molecule has 29 heavy (non-hydrogen) atoms. The van der Waals surface area contributed by atoms with Crippen molar-refractivity contribution in [3.05, 3.63) is 35.2 Å². The molecule has 0 atom stereocenters. The number of anilines is 1. The minimum Gasteiger partial charge on any atom is -0.493 e. The lowest BCUT2D eigenvalue weighted by Gasteiger charge is -2.14. The first-order chi connectivity index (χ1) is 13.6. The molecule has 2 aromatic rings. The molecule has 1 aromatic carbocycles. The summed E-state index contributed by atoms with van der Waals surface area (Å²) in [5.74, 6) is 2.14. The molecule has 162 valence electrons. The number of aliphatic imine (C=N–C) groups is 1. The number of benzene rings is 1. The van der Waals surface area contributed by atoms with Crippen molar-refractivity contribution in [2.24, 2.45) is 12.0 Å². The molecule has 0 aliphatic rings. The Morgan fingerprint density at radius 3 is 2.48 bits per heavy atom. The summed E-state index contributed by atoms with van der Waals surface area (Å²) in [7, 11) is 3.64. The zero-order valence-electron chi connectivity index (χ0n) is 18.3. The molecule has 0 amide bonds. The third kappa shape index (κ3) is 6.52. The SMILES string of the molecule is CCNC(=NCc1c(CC)nn(C)c1CC)Nc1ccc(OCC)c(OC)c1.I. The van der Waals surface area contributed by atoms with Crippen LogP contribution in [0.4, 0.5) is 5.69 Å². The molecule has 7 nitrogen and oxygen atoms in total. The van der Waals surface area contributed by atoms with E-state index in [1.165, 1.54) is 11.3 Å². The van der Waals surface area contributed by atoms with Crippen LogP contribution in [0.25, 0.3) is 0 Å². The normalized spacial score (nSPS) is 11.0. The summed E-state index contributed by atoms with van der Waals surface area (Å²) in [6, 6.07) is 5.77. The van der Waals surface area contributed by atoms with Crippen molar-refractivity contribution < 1.29 is 9.47 Å². The van der Waals surface area contributed by atoms with E-state index in [2.05, 4.69) is 36.5 Å². The quantitative estimate of drug-likeness (QED) is 0.298. The first-order valence-corrected chi connectivity index (χ1v) is 9.97. The lowest BCUT2D eigenvalue weighted by atomic mass is 10.1. The van der Waals surface area contributed by atoms with Gasteiger partial charge in [0.05, 0.1) is 26.0 Å². The van der Waals surface area contributed by atoms with Crippen LogP contribution < -0.4 is 20.1 Å². The van der Waals surface area contributed by atoms with E-state index < -0.39 is 0 Å². The zero-order valence-corrected chi connectivity index (χ0v) is 20.7. The summed E-state index contributed by atoms with van der Waals surface area (Å²) in [6.45, 7) is 10.2. The van der Waals surface area contributed by atoms with Gasteiger partial charge in [-0.15, -0.1) is 24.0 Å². The topological polar surface area (TPSA) is 72.7 Å². The maximum absolute atomic E-state index is 5.59. The molecule has 0 aliphatic heterocycles. The molecule has 0 saturated carbocycles. The van der Waals surface area contributed by atoms with Crippen LogP contribution in [0.5, 0.6) is 11.5 Å². The standard InChI is InChI=1S/C21H33N5O2.HI/c1-7-17-16(18(8-2)26(5)25-17)14-23-21(22-9-3)24-15-11-12-19(28-10-4)20(13-15)27-6;/h11-13H,7-10,14H2,1-6H3,(H2,22,23,24);1H. The molecule has 0 fully saturated rings. The smallest absolute Gasteiger partial charge is 0.196 e. The number of halogens is 1. The molecule has 1 heterocycles. The molecule has 0 unspecified atom stereocenters. The van der Waals surface area contributed by atoms with Crippen molar-refractivity contribution in [2.45, 2.75) is 47.1 Å². The van der Waals surface area contributed by atoms with Crippen LogP contribution >= 0.6 is 24.0 Å². The number of guanidine groups is 1. The van der Waals surface area contributed by atoms with E-state index >= 15 is 0 Å². The Balaban J connectivity index is 0.00000420. The molecule has 2 rings (SSSR count). The third-order valence-corrected chi connectivity index (χ3v) is 4.49. The minimum absolute atomic E-state index is 0. The fourth-order valence-electron chi connectivity index (χ4n) is 3.19. The van der Waals surface area contributed by atoms with Crippen molar-refractivity contribution in [3.63, 3.8) is 0 Å². The maximum atomic E-state index is 5.59. The molecular formula is C21H34IN5O2. The molecule has 0 aliphatic carbocycles. The number of hydrogen-bond acceptors (Lipinski definition) is 4. The highest BCUT2D eigenvalue weighted by atomic mass is 127. The van der Waals surface area contributed by atoms with Crippen molar-refractivity contribution in [2.75, 3.05) is 25.6 Å². The fraction of sp³-hybridized carbons (Fsp3) is 0.524. The fourth-order valence-corrected chi connectivity index (χ4v) is 3.19. The van der Waals surface area contributed by atoms with Gasteiger partial charge in [0, 0.05) is 36.6 Å². The molecule has 8 heteroatoms. The minimum atomic E-state index is 0. The van der Waals surface area contributed by atoms with Crippen LogP contribution in [0.3, 0.4) is 0 Å². The van der Waals surface area contributed by atoms with E-state index in [1.54, 1.807) is 7.11 Å². The summed E-state index contributed by atoms with van der Waals surface area (Å²) in [5.41, 5.74) is 4.45. The van der Waals surface area contributed by atoms with Gasteiger partial charge in [0.25, 0.3) is 0 Å². The van der Waals surface area contributed by atoms with Gasteiger partial charge in [-0.3, -0.25) is 4.68 Å². The monoisotopic (exact) mass is 515 g/mol. The number of hydrogen-bond donors (Lipinski definition) is 2. The number of nitrogens with zero attached hydrogens (tertiary/aromatic N) is 3. The summed E-state index contributed by atoms with van der Waals surface area (Å²) in [6.07, 6.45) is 1.84. The Kier molecular flexibility index (Phi) is 10.9. The second kappa shape index (κ2) is 12.6. The Bertz CT molecular complexity index is 805.